The van der Waals surface area contributed by atoms with Gasteiger partial charge in [-0.15, -0.1) is 0 Å². The number of aliphatic hydroxyl groups is 1. The second-order valence-electron chi connectivity index (χ2n) is 12.5. The van der Waals surface area contributed by atoms with Crippen LogP contribution >= 0.6 is 0 Å². The van der Waals surface area contributed by atoms with E-state index in [0.29, 0.717) is 30.5 Å². The summed E-state index contributed by atoms with van der Waals surface area (Å²) in [6.07, 6.45) is -1.93. The zero-order valence-electron chi connectivity index (χ0n) is 26.8. The molecule has 5 rings (SSSR count). The Balaban J connectivity index is 1.32. The number of carbonyl (C=O) groups excluding carboxylic acids is 1. The van der Waals surface area contributed by atoms with Crippen molar-refractivity contribution in [1.29, 1.82) is 0 Å². The standard InChI is InChI=1S/C32H45N3O10S/c1-21(2)17-35(46(38,39)24-9-10-28-29(16-24)44-20-43-28)18-27(36)26(15-22-5-7-23(8-6-22)40-14-12-34(3)4)33-32(37)45-30-19-42-31-25(30)11-13-41-31/h5-10,16,21,25-27,30-31,36H,11-15,17-20H2,1-4H3,(H,33,37). The van der Waals surface area contributed by atoms with Crippen molar-refractivity contribution < 1.29 is 46.7 Å². The Morgan fingerprint density at radius 3 is 2.57 bits per heavy atom. The summed E-state index contributed by atoms with van der Waals surface area (Å²) in [6.45, 7) is 5.75. The Labute approximate surface area is 270 Å². The number of amides is 1. The lowest BCUT2D eigenvalue weighted by molar-refractivity contribution is -0.0907. The van der Waals surface area contributed by atoms with Gasteiger partial charge in [0.15, 0.2) is 17.8 Å². The van der Waals surface area contributed by atoms with E-state index < -0.39 is 34.4 Å². The first-order chi connectivity index (χ1) is 22.0. The van der Waals surface area contributed by atoms with Crippen LogP contribution in [-0.2, 0) is 30.7 Å². The van der Waals surface area contributed by atoms with Crippen molar-refractivity contribution >= 4 is 16.1 Å². The van der Waals surface area contributed by atoms with Crippen molar-refractivity contribution in [2.75, 3.05) is 60.3 Å². The summed E-state index contributed by atoms with van der Waals surface area (Å²) in [5, 5.41) is 14.4. The smallest absolute Gasteiger partial charge is 0.407 e. The van der Waals surface area contributed by atoms with E-state index >= 15 is 0 Å². The number of nitrogens with one attached hydrogen (secondary N) is 1. The minimum absolute atomic E-state index is 0.0152. The Morgan fingerprint density at radius 1 is 1.07 bits per heavy atom. The van der Waals surface area contributed by atoms with Gasteiger partial charge in [-0.25, -0.2) is 13.2 Å². The minimum atomic E-state index is -4.05. The van der Waals surface area contributed by atoms with E-state index in [1.165, 1.54) is 16.4 Å². The van der Waals surface area contributed by atoms with Crippen molar-refractivity contribution in [2.45, 2.75) is 56.1 Å². The summed E-state index contributed by atoms with van der Waals surface area (Å²) < 4.78 is 62.4. The van der Waals surface area contributed by atoms with E-state index in [0.717, 1.165) is 18.5 Å². The van der Waals surface area contributed by atoms with E-state index in [4.69, 9.17) is 28.4 Å². The van der Waals surface area contributed by atoms with Crippen LogP contribution in [0.1, 0.15) is 25.8 Å². The lowest BCUT2D eigenvalue weighted by atomic mass is 10.0. The average Bonchev–Trinajstić information content (AvgIpc) is 3.75. The van der Waals surface area contributed by atoms with Crippen molar-refractivity contribution in [1.82, 2.24) is 14.5 Å². The van der Waals surface area contributed by atoms with Gasteiger partial charge in [-0.05, 0) is 62.7 Å². The van der Waals surface area contributed by atoms with Gasteiger partial charge < -0.3 is 43.7 Å². The molecule has 254 valence electrons. The first-order valence-electron chi connectivity index (χ1n) is 15.6. The fourth-order valence-electron chi connectivity index (χ4n) is 5.68. The predicted octanol–water partition coefficient (Wildman–Crippen LogP) is 2.46. The lowest BCUT2D eigenvalue weighted by Gasteiger charge is -2.31. The van der Waals surface area contributed by atoms with E-state index in [1.54, 1.807) is 6.07 Å². The molecule has 5 atom stereocenters. The molecule has 0 spiro atoms. The maximum Gasteiger partial charge on any atom is 0.407 e. The molecule has 2 saturated heterocycles. The van der Waals surface area contributed by atoms with Gasteiger partial charge in [-0.3, -0.25) is 0 Å². The topological polar surface area (TPSA) is 145 Å². The molecule has 2 aromatic carbocycles. The lowest BCUT2D eigenvalue weighted by Crippen LogP contribution is -2.51. The minimum Gasteiger partial charge on any atom is -0.492 e. The highest BCUT2D eigenvalue weighted by molar-refractivity contribution is 7.89. The Bertz CT molecular complexity index is 1420. The highest BCUT2D eigenvalue weighted by atomic mass is 32.2. The first-order valence-corrected chi connectivity index (χ1v) is 17.1. The van der Waals surface area contributed by atoms with E-state index in [1.807, 2.05) is 57.1 Å². The number of rotatable bonds is 15. The van der Waals surface area contributed by atoms with Gasteiger partial charge in [-0.1, -0.05) is 26.0 Å². The van der Waals surface area contributed by atoms with Crippen LogP contribution < -0.4 is 19.5 Å². The van der Waals surface area contributed by atoms with Gasteiger partial charge in [0.2, 0.25) is 16.8 Å². The quantitative estimate of drug-likeness (QED) is 0.290. The largest absolute Gasteiger partial charge is 0.492 e. The molecule has 3 heterocycles. The van der Waals surface area contributed by atoms with Crippen molar-refractivity contribution in [3.63, 3.8) is 0 Å². The number of nitrogens with zero attached hydrogens (tertiary/aromatic N) is 2. The number of hydrogen-bond acceptors (Lipinski definition) is 11. The molecule has 2 fully saturated rings. The third kappa shape index (κ3) is 8.60. The summed E-state index contributed by atoms with van der Waals surface area (Å²) in [5.41, 5.74) is 0.812. The van der Waals surface area contributed by atoms with E-state index in [-0.39, 0.29) is 55.9 Å². The second kappa shape index (κ2) is 15.2. The molecule has 3 aliphatic rings. The number of aliphatic hydroxyl groups excluding tert-OH is 1. The molecule has 2 N–H and O–H groups in total. The molecule has 0 aliphatic carbocycles. The molecule has 5 unspecified atom stereocenters. The predicted molar refractivity (Wildman–Crippen MR) is 167 cm³/mol. The van der Waals surface area contributed by atoms with Crippen LogP contribution in [0, 0.1) is 11.8 Å². The third-order valence-corrected chi connectivity index (χ3v) is 9.97. The van der Waals surface area contributed by atoms with Crippen LogP contribution in [0.15, 0.2) is 47.4 Å². The average molecular weight is 664 g/mol. The number of carbonyl (C=O) groups is 1. The summed E-state index contributed by atoms with van der Waals surface area (Å²) in [6, 6.07) is 10.9. The van der Waals surface area contributed by atoms with Crippen LogP contribution in [0.4, 0.5) is 4.79 Å². The van der Waals surface area contributed by atoms with Crippen LogP contribution in [-0.4, -0.2) is 114 Å². The molecular weight excluding hydrogens is 618 g/mol. The third-order valence-electron chi connectivity index (χ3n) is 8.14. The van der Waals surface area contributed by atoms with Crippen LogP contribution in [0.3, 0.4) is 0 Å². The maximum absolute atomic E-state index is 13.9. The highest BCUT2D eigenvalue weighted by Crippen LogP contribution is 2.35. The van der Waals surface area contributed by atoms with Gasteiger partial charge >= 0.3 is 6.09 Å². The first kappa shape index (κ1) is 34.2. The van der Waals surface area contributed by atoms with Gasteiger partial charge in [0, 0.05) is 25.7 Å². The molecule has 0 aromatic heterocycles. The maximum atomic E-state index is 13.9. The summed E-state index contributed by atoms with van der Waals surface area (Å²) in [7, 11) is -0.113. The Hall–Kier alpha value is -3.14. The number of likely N-dealkylation sites (N-methyl/N-ethyl adjacent to an activating group) is 1. The summed E-state index contributed by atoms with van der Waals surface area (Å²) in [4.78, 5) is 15.2. The van der Waals surface area contributed by atoms with Crippen molar-refractivity contribution in [3.8, 4) is 17.2 Å². The molecule has 2 aromatic rings. The zero-order chi connectivity index (χ0) is 32.8. The van der Waals surface area contributed by atoms with Gasteiger partial charge in [-0.2, -0.15) is 4.31 Å². The van der Waals surface area contributed by atoms with Crippen molar-refractivity contribution in [3.05, 3.63) is 48.0 Å². The normalized spacial score (nSPS) is 21.9. The van der Waals surface area contributed by atoms with Crippen LogP contribution in [0.2, 0.25) is 0 Å². The fourth-order valence-corrected chi connectivity index (χ4v) is 7.31. The Morgan fingerprint density at radius 2 is 1.83 bits per heavy atom. The van der Waals surface area contributed by atoms with Gasteiger partial charge in [0.1, 0.15) is 18.5 Å². The summed E-state index contributed by atoms with van der Waals surface area (Å²) >= 11 is 0. The number of ether oxygens (including phenoxy) is 6. The molecule has 3 aliphatic heterocycles. The summed E-state index contributed by atoms with van der Waals surface area (Å²) in [5.74, 6) is 1.41. The molecule has 14 heteroatoms. The Kier molecular flexibility index (Phi) is 11.3. The zero-order valence-corrected chi connectivity index (χ0v) is 27.6. The number of alkyl carbamates (subject to hydrolysis) is 1. The number of fused-ring (bicyclic) bond motifs is 2. The second-order valence-corrected chi connectivity index (χ2v) is 14.5. The SMILES string of the molecule is CC(C)CN(CC(O)C(Cc1ccc(OCCN(C)C)cc1)NC(=O)OC1COC2OCCC12)S(=O)(=O)c1ccc2c(c1)OCO2. The fraction of sp³-hybridized carbons (Fsp3) is 0.594. The van der Waals surface area contributed by atoms with Crippen LogP contribution in [0.25, 0.3) is 0 Å². The number of sulfonamides is 1. The molecule has 13 nitrogen and oxygen atoms in total. The van der Waals surface area contributed by atoms with Crippen LogP contribution in [0.5, 0.6) is 17.2 Å². The number of benzene rings is 2. The van der Waals surface area contributed by atoms with Crippen molar-refractivity contribution in [2.24, 2.45) is 11.8 Å². The molecule has 0 radical (unpaired) electrons. The number of hydrogen-bond donors (Lipinski definition) is 2. The van der Waals surface area contributed by atoms with Gasteiger partial charge in [0.05, 0.1) is 36.2 Å². The molecular formula is C32H45N3O10S. The molecule has 46 heavy (non-hydrogen) atoms. The monoisotopic (exact) mass is 663 g/mol. The molecule has 1 amide bonds. The highest BCUT2D eigenvalue weighted by Gasteiger charge is 2.44. The molecule has 0 saturated carbocycles. The molecule has 0 bridgehead atoms. The van der Waals surface area contributed by atoms with E-state index in [2.05, 4.69) is 5.32 Å². The van der Waals surface area contributed by atoms with E-state index in [9.17, 15) is 18.3 Å². The van der Waals surface area contributed by atoms with Gasteiger partial charge in [0.25, 0.3) is 0 Å².